The van der Waals surface area contributed by atoms with Crippen molar-refractivity contribution in [2.45, 2.75) is 137 Å². The minimum absolute atomic E-state index is 0.0215. The lowest BCUT2D eigenvalue weighted by Gasteiger charge is -2.58. The maximum atomic E-state index is 12.8. The fourth-order valence-corrected chi connectivity index (χ4v) is 10.8. The molecule has 5 aliphatic rings. The molecule has 1 saturated heterocycles. The SMILES string of the molecule is CC(C)CCC[C@@H](C)C1CC[C@H]2C3CC=C4C[C@@H](OC(=O)CCCCC(=O)NCCN5CCOCC5)CC[C@]4(C)C3CC[C@]12C. The Morgan fingerprint density at radius 3 is 2.53 bits per heavy atom. The molecule has 8 atom stereocenters. The van der Waals surface area contributed by atoms with E-state index in [2.05, 4.69) is 50.9 Å². The highest BCUT2D eigenvalue weighted by molar-refractivity contribution is 5.76. The minimum atomic E-state index is -0.0847. The molecule has 0 spiro atoms. The number of ether oxygens (including phenoxy) is 2. The molecule has 0 bridgehead atoms. The number of morpholine rings is 1. The van der Waals surface area contributed by atoms with Crippen LogP contribution in [0.2, 0.25) is 0 Å². The van der Waals surface area contributed by atoms with Crippen LogP contribution in [0.5, 0.6) is 0 Å². The Hall–Kier alpha value is -1.40. The molecular formula is C39H66N2O4. The van der Waals surface area contributed by atoms with E-state index in [4.69, 9.17) is 9.47 Å². The molecule has 6 heteroatoms. The number of carbonyl (C=O) groups is 2. The molecule has 0 aromatic carbocycles. The number of fused-ring (bicyclic) bond motifs is 5. The number of hydrogen-bond donors (Lipinski definition) is 1. The highest BCUT2D eigenvalue weighted by Crippen LogP contribution is 2.67. The van der Waals surface area contributed by atoms with Crippen molar-refractivity contribution in [3.8, 4) is 0 Å². The van der Waals surface area contributed by atoms with E-state index in [1.165, 1.54) is 51.4 Å². The molecule has 256 valence electrons. The summed E-state index contributed by atoms with van der Waals surface area (Å²) in [5.41, 5.74) is 2.39. The molecule has 1 amide bonds. The van der Waals surface area contributed by atoms with Gasteiger partial charge in [-0.2, -0.15) is 0 Å². The van der Waals surface area contributed by atoms with E-state index in [1.54, 1.807) is 5.57 Å². The number of allylic oxidation sites excluding steroid dienone is 1. The van der Waals surface area contributed by atoms with Crippen LogP contribution in [-0.4, -0.2) is 62.3 Å². The van der Waals surface area contributed by atoms with E-state index < -0.39 is 0 Å². The van der Waals surface area contributed by atoms with Gasteiger partial charge in [-0.05, 0) is 104 Å². The summed E-state index contributed by atoms with van der Waals surface area (Å²) in [4.78, 5) is 27.3. The first-order chi connectivity index (χ1) is 21.6. The van der Waals surface area contributed by atoms with Gasteiger partial charge >= 0.3 is 5.97 Å². The van der Waals surface area contributed by atoms with Gasteiger partial charge in [-0.1, -0.05) is 65.5 Å². The smallest absolute Gasteiger partial charge is 0.306 e. The van der Waals surface area contributed by atoms with Gasteiger partial charge in [-0.15, -0.1) is 0 Å². The van der Waals surface area contributed by atoms with Gasteiger partial charge in [0.1, 0.15) is 6.10 Å². The molecule has 4 fully saturated rings. The largest absolute Gasteiger partial charge is 0.462 e. The van der Waals surface area contributed by atoms with Crippen molar-refractivity contribution in [2.75, 3.05) is 39.4 Å². The van der Waals surface area contributed by atoms with E-state index in [0.717, 1.165) is 94.0 Å². The zero-order valence-electron chi connectivity index (χ0n) is 29.5. The number of rotatable bonds is 14. The standard InChI is InChI=1S/C39H66N2O4/c1-28(2)9-8-10-29(3)33-15-16-34-32-14-13-30-27-31(17-19-38(30,4)35(32)18-20-39(33,34)5)45-37(43)12-7-6-11-36(42)40-21-22-41-23-25-44-26-24-41/h13,28-29,31-35H,6-12,14-27H2,1-5H3,(H,40,42)/t29-,31+,32?,33?,34+,35?,38+,39-/m1/s1. The van der Waals surface area contributed by atoms with E-state index in [9.17, 15) is 9.59 Å². The fourth-order valence-electron chi connectivity index (χ4n) is 10.8. The Morgan fingerprint density at radius 1 is 0.978 bits per heavy atom. The van der Waals surface area contributed by atoms with Gasteiger partial charge in [-0.25, -0.2) is 0 Å². The van der Waals surface area contributed by atoms with Crippen LogP contribution in [0.1, 0.15) is 131 Å². The molecule has 1 heterocycles. The maximum Gasteiger partial charge on any atom is 0.306 e. The lowest BCUT2D eigenvalue weighted by Crippen LogP contribution is -2.51. The van der Waals surface area contributed by atoms with Gasteiger partial charge in [0.2, 0.25) is 5.91 Å². The number of carbonyl (C=O) groups excluding carboxylic acids is 2. The van der Waals surface area contributed by atoms with Crippen LogP contribution in [0.3, 0.4) is 0 Å². The highest BCUT2D eigenvalue weighted by atomic mass is 16.5. The van der Waals surface area contributed by atoms with Crippen LogP contribution in [0.15, 0.2) is 11.6 Å². The van der Waals surface area contributed by atoms with Gasteiger partial charge in [0.15, 0.2) is 0 Å². The first-order valence-electron chi connectivity index (χ1n) is 19.1. The van der Waals surface area contributed by atoms with Crippen molar-refractivity contribution < 1.29 is 19.1 Å². The maximum absolute atomic E-state index is 12.8. The minimum Gasteiger partial charge on any atom is -0.462 e. The van der Waals surface area contributed by atoms with Gasteiger partial charge in [0.25, 0.3) is 0 Å². The Labute approximate surface area is 275 Å². The monoisotopic (exact) mass is 627 g/mol. The van der Waals surface area contributed by atoms with E-state index in [1.807, 2.05) is 0 Å². The van der Waals surface area contributed by atoms with E-state index >= 15 is 0 Å². The Kier molecular flexibility index (Phi) is 12.2. The molecule has 0 radical (unpaired) electrons. The van der Waals surface area contributed by atoms with Crippen molar-refractivity contribution in [3.05, 3.63) is 11.6 Å². The molecule has 1 aliphatic heterocycles. The van der Waals surface area contributed by atoms with Crippen LogP contribution in [0.25, 0.3) is 0 Å². The summed E-state index contributed by atoms with van der Waals surface area (Å²) >= 11 is 0. The first-order valence-corrected chi connectivity index (χ1v) is 19.1. The summed E-state index contributed by atoms with van der Waals surface area (Å²) in [6.45, 7) is 17.5. The number of unbranched alkanes of at least 4 members (excludes halogenated alkanes) is 1. The van der Waals surface area contributed by atoms with Gasteiger partial charge < -0.3 is 14.8 Å². The lowest BCUT2D eigenvalue weighted by atomic mass is 9.47. The average molecular weight is 627 g/mol. The second kappa shape index (κ2) is 15.7. The number of amides is 1. The number of esters is 1. The predicted molar refractivity (Wildman–Crippen MR) is 182 cm³/mol. The third-order valence-electron chi connectivity index (χ3n) is 13.4. The summed E-state index contributed by atoms with van der Waals surface area (Å²) < 4.78 is 11.4. The third-order valence-corrected chi connectivity index (χ3v) is 13.4. The normalized spacial score (nSPS) is 35.6. The number of hydrogen-bond acceptors (Lipinski definition) is 5. The van der Waals surface area contributed by atoms with Gasteiger partial charge in [0, 0.05) is 45.4 Å². The van der Waals surface area contributed by atoms with Crippen LogP contribution >= 0.6 is 0 Å². The number of nitrogens with one attached hydrogen (secondary N) is 1. The summed E-state index contributed by atoms with van der Waals surface area (Å²) in [6, 6.07) is 0. The van der Waals surface area contributed by atoms with Gasteiger partial charge in [-0.3, -0.25) is 14.5 Å². The highest BCUT2D eigenvalue weighted by Gasteiger charge is 2.59. The topological polar surface area (TPSA) is 67.9 Å². The molecular weight excluding hydrogens is 560 g/mol. The lowest BCUT2D eigenvalue weighted by molar-refractivity contribution is -0.151. The molecule has 1 N–H and O–H groups in total. The molecule has 4 aliphatic carbocycles. The van der Waals surface area contributed by atoms with Gasteiger partial charge in [0.05, 0.1) is 13.2 Å². The first kappa shape index (κ1) is 34.9. The summed E-state index contributed by atoms with van der Waals surface area (Å²) in [5, 5.41) is 3.02. The van der Waals surface area contributed by atoms with Crippen LogP contribution in [0.4, 0.5) is 0 Å². The second-order valence-corrected chi connectivity index (χ2v) is 16.7. The molecule has 45 heavy (non-hydrogen) atoms. The molecule has 0 aromatic heterocycles. The Balaban J connectivity index is 1.04. The third kappa shape index (κ3) is 8.37. The molecule has 0 aromatic rings. The summed E-state index contributed by atoms with van der Waals surface area (Å²) in [6.07, 6.45) is 19.1. The fraction of sp³-hybridized carbons (Fsp3) is 0.897. The molecule has 6 nitrogen and oxygen atoms in total. The molecule has 3 saturated carbocycles. The Morgan fingerprint density at radius 2 is 1.76 bits per heavy atom. The van der Waals surface area contributed by atoms with Crippen molar-refractivity contribution >= 4 is 11.9 Å². The zero-order valence-corrected chi connectivity index (χ0v) is 29.5. The van der Waals surface area contributed by atoms with Crippen LogP contribution < -0.4 is 5.32 Å². The van der Waals surface area contributed by atoms with Crippen molar-refractivity contribution in [3.63, 3.8) is 0 Å². The zero-order chi connectivity index (χ0) is 32.0. The van der Waals surface area contributed by atoms with Crippen molar-refractivity contribution in [1.29, 1.82) is 0 Å². The van der Waals surface area contributed by atoms with Crippen molar-refractivity contribution in [1.82, 2.24) is 10.2 Å². The Bertz CT molecular complexity index is 1020. The summed E-state index contributed by atoms with van der Waals surface area (Å²) in [5.74, 6) is 5.08. The second-order valence-electron chi connectivity index (χ2n) is 16.7. The van der Waals surface area contributed by atoms with E-state index in [-0.39, 0.29) is 23.4 Å². The van der Waals surface area contributed by atoms with E-state index in [0.29, 0.717) is 31.2 Å². The molecule has 5 rings (SSSR count). The average Bonchev–Trinajstić information content (AvgIpc) is 3.37. The summed E-state index contributed by atoms with van der Waals surface area (Å²) in [7, 11) is 0. The predicted octanol–water partition coefficient (Wildman–Crippen LogP) is 7.95. The quantitative estimate of drug-likeness (QED) is 0.120. The van der Waals surface area contributed by atoms with Crippen LogP contribution in [-0.2, 0) is 19.1 Å². The van der Waals surface area contributed by atoms with Crippen molar-refractivity contribution in [2.24, 2.45) is 46.3 Å². The van der Waals surface area contributed by atoms with Crippen LogP contribution in [0, 0.1) is 46.3 Å². The number of nitrogens with zero attached hydrogens (tertiary/aromatic N) is 1. The molecule has 3 unspecified atom stereocenters.